The molecule has 0 aromatic heterocycles. The summed E-state index contributed by atoms with van der Waals surface area (Å²) in [6.07, 6.45) is -0.692. The van der Waals surface area contributed by atoms with Crippen LogP contribution in [0.15, 0.2) is 84.9 Å². The molecule has 0 saturated carbocycles. The zero-order valence-corrected chi connectivity index (χ0v) is 15.4. The van der Waals surface area contributed by atoms with Crippen molar-refractivity contribution in [2.24, 2.45) is 0 Å². The van der Waals surface area contributed by atoms with Gasteiger partial charge >= 0.3 is 6.16 Å². The summed E-state index contributed by atoms with van der Waals surface area (Å²) in [6.45, 7) is 3.77. The zero-order valence-electron chi connectivity index (χ0n) is 15.4. The van der Waals surface area contributed by atoms with Gasteiger partial charge in [-0.25, -0.2) is 4.79 Å². The minimum atomic E-state index is -0.692. The Balaban J connectivity index is 1.57. The number of ether oxygens (including phenoxy) is 2. The lowest BCUT2D eigenvalue weighted by molar-refractivity contribution is 0.102. The topological polar surface area (TPSA) is 38.8 Å². The number of anilines is 1. The van der Waals surface area contributed by atoms with Crippen molar-refractivity contribution in [1.29, 1.82) is 0 Å². The van der Waals surface area contributed by atoms with Crippen LogP contribution in [-0.2, 0) is 4.74 Å². The minimum Gasteiger partial charge on any atom is -0.432 e. The van der Waals surface area contributed by atoms with Crippen LogP contribution in [0.2, 0.25) is 0 Å². The van der Waals surface area contributed by atoms with Crippen LogP contribution in [0.1, 0.15) is 6.92 Å². The fourth-order valence-electron chi connectivity index (χ4n) is 2.88. The van der Waals surface area contributed by atoms with Gasteiger partial charge in [-0.2, -0.15) is 0 Å². The molecule has 0 aliphatic heterocycles. The van der Waals surface area contributed by atoms with Gasteiger partial charge in [0.25, 0.3) is 0 Å². The molecule has 0 N–H and O–H groups in total. The molecule has 0 bridgehead atoms. The van der Waals surface area contributed by atoms with E-state index in [1.807, 2.05) is 78.9 Å². The highest BCUT2D eigenvalue weighted by atomic mass is 16.7. The molecule has 0 aliphatic rings. The van der Waals surface area contributed by atoms with E-state index in [0.29, 0.717) is 12.3 Å². The molecule has 3 aromatic carbocycles. The van der Waals surface area contributed by atoms with Crippen molar-refractivity contribution in [3.05, 3.63) is 84.9 Å². The van der Waals surface area contributed by atoms with Crippen molar-refractivity contribution in [2.45, 2.75) is 6.92 Å². The molecule has 0 saturated heterocycles. The minimum absolute atomic E-state index is 0.259. The number of likely N-dealkylation sites (N-methyl/N-ethyl adjacent to an activating group) is 1. The number of benzene rings is 3. The molecule has 3 rings (SSSR count). The number of hydrogen-bond acceptors (Lipinski definition) is 4. The number of carbonyl (C=O) groups is 1. The quantitative estimate of drug-likeness (QED) is 0.417. The second-order valence-corrected chi connectivity index (χ2v) is 5.98. The number of nitrogens with zero attached hydrogens (tertiary/aromatic N) is 1. The van der Waals surface area contributed by atoms with E-state index in [2.05, 4.69) is 11.8 Å². The molecule has 0 radical (unpaired) electrons. The van der Waals surface area contributed by atoms with Gasteiger partial charge in [-0.3, -0.25) is 0 Å². The average molecular weight is 361 g/mol. The van der Waals surface area contributed by atoms with Gasteiger partial charge in [-0.1, -0.05) is 66.7 Å². The lowest BCUT2D eigenvalue weighted by Gasteiger charge is -2.22. The molecule has 27 heavy (non-hydrogen) atoms. The first-order valence-electron chi connectivity index (χ1n) is 9.07. The van der Waals surface area contributed by atoms with E-state index in [9.17, 15) is 4.79 Å². The third-order valence-electron chi connectivity index (χ3n) is 4.25. The van der Waals surface area contributed by atoms with Crippen LogP contribution in [0.5, 0.6) is 5.75 Å². The van der Waals surface area contributed by atoms with Crippen LogP contribution in [0.3, 0.4) is 0 Å². The highest BCUT2D eigenvalue weighted by molar-refractivity contribution is 5.74. The van der Waals surface area contributed by atoms with Gasteiger partial charge in [0.1, 0.15) is 12.4 Å². The Morgan fingerprint density at radius 3 is 2.19 bits per heavy atom. The molecule has 138 valence electrons. The molecule has 0 amide bonds. The Kier molecular flexibility index (Phi) is 6.47. The van der Waals surface area contributed by atoms with Crippen molar-refractivity contribution >= 4 is 11.8 Å². The maximum atomic E-state index is 12.1. The summed E-state index contributed by atoms with van der Waals surface area (Å²) in [7, 11) is 0. The number of para-hydroxylation sites is 2. The Bertz CT molecular complexity index is 850. The van der Waals surface area contributed by atoms with E-state index in [1.165, 1.54) is 0 Å². The first-order chi connectivity index (χ1) is 13.3. The van der Waals surface area contributed by atoms with E-state index >= 15 is 0 Å². The molecule has 0 spiro atoms. The summed E-state index contributed by atoms with van der Waals surface area (Å²) in [5.74, 6) is 0.490. The Labute approximate surface area is 160 Å². The van der Waals surface area contributed by atoms with Crippen molar-refractivity contribution in [2.75, 3.05) is 24.6 Å². The predicted molar refractivity (Wildman–Crippen MR) is 108 cm³/mol. The average Bonchev–Trinajstić information content (AvgIpc) is 2.73. The van der Waals surface area contributed by atoms with E-state index in [4.69, 9.17) is 9.47 Å². The molecule has 0 fully saturated rings. The Morgan fingerprint density at radius 2 is 1.48 bits per heavy atom. The van der Waals surface area contributed by atoms with Gasteiger partial charge in [-0.15, -0.1) is 0 Å². The van der Waals surface area contributed by atoms with Crippen LogP contribution in [0.4, 0.5) is 10.5 Å². The molecule has 0 unspecified atom stereocenters. The predicted octanol–water partition coefficient (Wildman–Crippen LogP) is 5.40. The third-order valence-corrected chi connectivity index (χ3v) is 4.25. The molecule has 0 aliphatic carbocycles. The van der Waals surface area contributed by atoms with Gasteiger partial charge in [0.2, 0.25) is 0 Å². The zero-order chi connectivity index (χ0) is 18.9. The van der Waals surface area contributed by atoms with Crippen molar-refractivity contribution in [3.8, 4) is 16.9 Å². The summed E-state index contributed by atoms with van der Waals surface area (Å²) in [6, 6.07) is 27.3. The van der Waals surface area contributed by atoms with Crippen LogP contribution < -0.4 is 9.64 Å². The van der Waals surface area contributed by atoms with Crippen LogP contribution in [0, 0.1) is 0 Å². The summed E-state index contributed by atoms with van der Waals surface area (Å²) in [5, 5.41) is 0. The smallest absolute Gasteiger partial charge is 0.432 e. The van der Waals surface area contributed by atoms with Crippen molar-refractivity contribution in [1.82, 2.24) is 0 Å². The molecule has 3 aromatic rings. The summed E-state index contributed by atoms with van der Waals surface area (Å²) >= 11 is 0. The maximum Gasteiger partial charge on any atom is 0.513 e. The number of carbonyl (C=O) groups excluding carboxylic acids is 1. The molecule has 4 heteroatoms. The molecular formula is C23H23NO3. The van der Waals surface area contributed by atoms with Gasteiger partial charge < -0.3 is 14.4 Å². The van der Waals surface area contributed by atoms with Crippen LogP contribution in [0.25, 0.3) is 11.1 Å². The SMILES string of the molecule is CCN(CCOC(=O)Oc1ccccc1-c1ccccc1)c1ccccc1. The highest BCUT2D eigenvalue weighted by Gasteiger charge is 2.12. The number of rotatable bonds is 7. The lowest BCUT2D eigenvalue weighted by Crippen LogP contribution is -2.28. The molecule has 0 heterocycles. The standard InChI is InChI=1S/C23H23NO3/c1-2-24(20-13-7-4-8-14-20)17-18-26-23(25)27-22-16-10-9-15-21(22)19-11-5-3-6-12-19/h3-16H,2,17-18H2,1H3. The summed E-state index contributed by atoms with van der Waals surface area (Å²) in [5.41, 5.74) is 2.95. The highest BCUT2D eigenvalue weighted by Crippen LogP contribution is 2.29. The van der Waals surface area contributed by atoms with Gasteiger partial charge in [0.05, 0.1) is 6.54 Å². The second kappa shape index (κ2) is 9.43. The monoisotopic (exact) mass is 361 g/mol. The largest absolute Gasteiger partial charge is 0.513 e. The summed E-state index contributed by atoms with van der Waals surface area (Å²) < 4.78 is 10.7. The van der Waals surface area contributed by atoms with E-state index in [1.54, 1.807) is 6.07 Å². The van der Waals surface area contributed by atoms with Crippen LogP contribution >= 0.6 is 0 Å². The normalized spacial score (nSPS) is 10.3. The summed E-state index contributed by atoms with van der Waals surface area (Å²) in [4.78, 5) is 14.3. The van der Waals surface area contributed by atoms with E-state index in [0.717, 1.165) is 23.4 Å². The van der Waals surface area contributed by atoms with Crippen LogP contribution in [-0.4, -0.2) is 25.9 Å². The van der Waals surface area contributed by atoms with Crippen molar-refractivity contribution < 1.29 is 14.3 Å². The maximum absolute atomic E-state index is 12.1. The lowest BCUT2D eigenvalue weighted by atomic mass is 10.1. The van der Waals surface area contributed by atoms with Gasteiger partial charge in [0.15, 0.2) is 0 Å². The Morgan fingerprint density at radius 1 is 0.852 bits per heavy atom. The molecular weight excluding hydrogens is 338 g/mol. The number of hydrogen-bond donors (Lipinski definition) is 0. The first-order valence-corrected chi connectivity index (χ1v) is 9.07. The fraction of sp³-hybridized carbons (Fsp3) is 0.174. The fourth-order valence-corrected chi connectivity index (χ4v) is 2.88. The van der Waals surface area contributed by atoms with Crippen molar-refractivity contribution in [3.63, 3.8) is 0 Å². The van der Waals surface area contributed by atoms with Gasteiger partial charge in [-0.05, 0) is 30.7 Å². The van der Waals surface area contributed by atoms with Gasteiger partial charge in [0, 0.05) is 17.8 Å². The second-order valence-electron chi connectivity index (χ2n) is 5.98. The first kappa shape index (κ1) is 18.5. The third kappa shape index (κ3) is 5.11. The Hall–Kier alpha value is -3.27. The molecule has 0 atom stereocenters. The van der Waals surface area contributed by atoms with E-state index in [-0.39, 0.29) is 6.61 Å². The van der Waals surface area contributed by atoms with E-state index < -0.39 is 6.16 Å². The molecule has 4 nitrogen and oxygen atoms in total.